The van der Waals surface area contributed by atoms with Gasteiger partial charge in [0.05, 0.1) is 17.7 Å². The summed E-state index contributed by atoms with van der Waals surface area (Å²) in [6.45, 7) is 2.35. The van der Waals surface area contributed by atoms with Gasteiger partial charge in [-0.3, -0.25) is 0 Å². The summed E-state index contributed by atoms with van der Waals surface area (Å²) in [4.78, 5) is 0. The van der Waals surface area contributed by atoms with Crippen molar-refractivity contribution in [3.63, 3.8) is 0 Å². The van der Waals surface area contributed by atoms with Crippen molar-refractivity contribution in [1.82, 2.24) is 0 Å². The molecule has 0 unspecified atom stereocenters. The Morgan fingerprint density at radius 2 is 1.30 bits per heavy atom. The van der Waals surface area contributed by atoms with E-state index in [0.29, 0.717) is 17.7 Å². The molecule has 1 N–H and O–H groups in total. The molecule has 1 rings (SSSR count). The van der Waals surface area contributed by atoms with Crippen LogP contribution in [0.2, 0.25) is 0 Å². The maximum absolute atomic E-state index is 12.6. The van der Waals surface area contributed by atoms with Crippen LogP contribution in [0.3, 0.4) is 0 Å². The molecule has 1 aromatic carbocycles. The van der Waals surface area contributed by atoms with Crippen LogP contribution in [-0.4, -0.2) is 11.7 Å². The van der Waals surface area contributed by atoms with Gasteiger partial charge < -0.3 is 5.11 Å². The van der Waals surface area contributed by atoms with Crippen molar-refractivity contribution in [2.45, 2.75) is 26.2 Å². The first-order valence-electron chi connectivity index (χ1n) is 5.54. The zero-order chi connectivity index (χ0) is 15.7. The maximum atomic E-state index is 12.6. The number of halogens is 6. The number of rotatable bonds is 2. The molecule has 0 spiro atoms. The molecule has 0 amide bonds. The summed E-state index contributed by atoms with van der Waals surface area (Å²) in [6.07, 6.45) is -9.74. The van der Waals surface area contributed by atoms with Crippen LogP contribution in [0.1, 0.15) is 30.5 Å². The lowest BCUT2D eigenvalue weighted by molar-refractivity contribution is -0.143. The summed E-state index contributed by atoms with van der Waals surface area (Å²) >= 11 is 0. The molecule has 20 heavy (non-hydrogen) atoms. The van der Waals surface area contributed by atoms with E-state index in [0.717, 1.165) is 0 Å². The Hall–Kier alpha value is -1.50. The van der Waals surface area contributed by atoms with Gasteiger partial charge in [0, 0.05) is 0 Å². The number of hydrogen-bond acceptors (Lipinski definition) is 1. The number of alkyl halides is 6. The summed E-state index contributed by atoms with van der Waals surface area (Å²) in [7, 11) is 0. The van der Waals surface area contributed by atoms with Crippen LogP contribution in [0.4, 0.5) is 26.3 Å². The van der Waals surface area contributed by atoms with Gasteiger partial charge in [-0.15, -0.1) is 0 Å². The van der Waals surface area contributed by atoms with Crippen molar-refractivity contribution in [3.8, 4) is 0 Å². The van der Waals surface area contributed by atoms with Gasteiger partial charge in [0.2, 0.25) is 0 Å². The van der Waals surface area contributed by atoms with Crippen molar-refractivity contribution in [1.29, 1.82) is 0 Å². The number of benzene rings is 1. The molecule has 0 heterocycles. The minimum absolute atomic E-state index is 0.0745. The third-order valence-electron chi connectivity index (χ3n) is 2.90. The molecule has 1 nitrogen and oxygen atoms in total. The molecule has 0 saturated carbocycles. The molecule has 0 atom stereocenters. The van der Waals surface area contributed by atoms with Crippen molar-refractivity contribution < 1.29 is 31.4 Å². The van der Waals surface area contributed by atoms with Gasteiger partial charge in [-0.25, -0.2) is 0 Å². The lowest BCUT2D eigenvalue weighted by Crippen LogP contribution is -2.11. The first-order valence-corrected chi connectivity index (χ1v) is 5.54. The van der Waals surface area contributed by atoms with Crippen LogP contribution in [0.15, 0.2) is 23.8 Å². The van der Waals surface area contributed by atoms with Gasteiger partial charge in [0.25, 0.3) is 0 Å². The van der Waals surface area contributed by atoms with Crippen LogP contribution in [0.5, 0.6) is 0 Å². The molecule has 1 aromatic rings. The Morgan fingerprint density at radius 3 is 1.60 bits per heavy atom. The summed E-state index contributed by atoms with van der Waals surface area (Å²) in [6, 6.07) is 1.36. The quantitative estimate of drug-likeness (QED) is 0.796. The fraction of sp³-hybridized carbons (Fsp3) is 0.385. The molecule has 112 valence electrons. The molecule has 0 aromatic heterocycles. The third kappa shape index (κ3) is 3.75. The van der Waals surface area contributed by atoms with Gasteiger partial charge in [-0.1, -0.05) is 0 Å². The molecule has 0 bridgehead atoms. The van der Waals surface area contributed by atoms with Crippen LogP contribution >= 0.6 is 0 Å². The number of hydrogen-bond donors (Lipinski definition) is 1. The highest BCUT2D eigenvalue weighted by Crippen LogP contribution is 2.37. The number of aliphatic hydroxyl groups is 1. The lowest BCUT2D eigenvalue weighted by atomic mass is 9.97. The lowest BCUT2D eigenvalue weighted by Gasteiger charge is -2.15. The van der Waals surface area contributed by atoms with Crippen LogP contribution in [0.25, 0.3) is 5.57 Å². The fourth-order valence-electron chi connectivity index (χ4n) is 1.54. The van der Waals surface area contributed by atoms with Crippen molar-refractivity contribution in [2.75, 3.05) is 6.61 Å². The predicted molar refractivity (Wildman–Crippen MR) is 61.8 cm³/mol. The smallest absolute Gasteiger partial charge is 0.392 e. The largest absolute Gasteiger partial charge is 0.416 e. The topological polar surface area (TPSA) is 20.2 Å². The maximum Gasteiger partial charge on any atom is 0.416 e. The Morgan fingerprint density at radius 1 is 0.900 bits per heavy atom. The van der Waals surface area contributed by atoms with E-state index in [1.165, 1.54) is 13.8 Å². The van der Waals surface area contributed by atoms with Crippen molar-refractivity contribution in [2.24, 2.45) is 0 Å². The highest BCUT2D eigenvalue weighted by atomic mass is 19.4. The minimum atomic E-state index is -4.87. The summed E-state index contributed by atoms with van der Waals surface area (Å²) in [5.41, 5.74) is -2.46. The molecule has 0 aliphatic heterocycles. The highest BCUT2D eigenvalue weighted by Gasteiger charge is 2.37. The van der Waals surface area contributed by atoms with Gasteiger partial charge in [0.15, 0.2) is 0 Å². The molecular weight excluding hydrogens is 286 g/mol. The molecule has 0 fully saturated rings. The zero-order valence-electron chi connectivity index (χ0n) is 10.7. The molecular formula is C13H12F6O. The van der Waals surface area contributed by atoms with E-state index >= 15 is 0 Å². The average molecular weight is 298 g/mol. The van der Waals surface area contributed by atoms with E-state index in [2.05, 4.69) is 0 Å². The Labute approximate surface area is 111 Å². The second-order valence-electron chi connectivity index (χ2n) is 4.36. The van der Waals surface area contributed by atoms with E-state index < -0.39 is 30.1 Å². The van der Waals surface area contributed by atoms with E-state index in [-0.39, 0.29) is 17.2 Å². The molecule has 7 heteroatoms. The summed E-state index contributed by atoms with van der Waals surface area (Å²) < 4.78 is 75.9. The van der Waals surface area contributed by atoms with Gasteiger partial charge in [-0.2, -0.15) is 26.3 Å². The number of allylic oxidation sites excluding steroid dienone is 1. The Balaban J connectivity index is 3.55. The van der Waals surface area contributed by atoms with Gasteiger partial charge >= 0.3 is 12.4 Å². The molecule has 0 radical (unpaired) electrons. The van der Waals surface area contributed by atoms with Crippen molar-refractivity contribution >= 4 is 5.57 Å². The third-order valence-corrected chi connectivity index (χ3v) is 2.90. The molecule has 0 aliphatic carbocycles. The van der Waals surface area contributed by atoms with Crippen LogP contribution in [0, 0.1) is 0 Å². The normalized spacial score (nSPS) is 14.2. The van der Waals surface area contributed by atoms with Crippen LogP contribution in [-0.2, 0) is 12.4 Å². The SMILES string of the molecule is CC(CO)=C(C)c1cc(C(F)(F)F)cc(C(F)(F)F)c1. The van der Waals surface area contributed by atoms with Crippen molar-refractivity contribution in [3.05, 3.63) is 40.5 Å². The van der Waals surface area contributed by atoms with Crippen LogP contribution < -0.4 is 0 Å². The second kappa shape index (κ2) is 5.47. The average Bonchev–Trinajstić information content (AvgIpc) is 2.34. The zero-order valence-corrected chi connectivity index (χ0v) is 10.7. The highest BCUT2D eigenvalue weighted by molar-refractivity contribution is 5.68. The van der Waals surface area contributed by atoms with E-state index in [1.54, 1.807) is 0 Å². The molecule has 0 aliphatic rings. The van der Waals surface area contributed by atoms with E-state index in [4.69, 9.17) is 5.11 Å². The fourth-order valence-corrected chi connectivity index (χ4v) is 1.54. The summed E-state index contributed by atoms with van der Waals surface area (Å²) in [5.74, 6) is 0. The predicted octanol–water partition coefficient (Wildman–Crippen LogP) is 4.51. The monoisotopic (exact) mass is 298 g/mol. The summed E-state index contributed by atoms with van der Waals surface area (Å²) in [5, 5.41) is 8.92. The Kier molecular flexibility index (Phi) is 4.53. The minimum Gasteiger partial charge on any atom is -0.392 e. The van der Waals surface area contributed by atoms with Gasteiger partial charge in [-0.05, 0) is 48.8 Å². The first-order chi connectivity index (χ1) is 8.96. The van der Waals surface area contributed by atoms with Gasteiger partial charge in [0.1, 0.15) is 0 Å². The van der Waals surface area contributed by atoms with E-state index in [1.807, 2.05) is 0 Å². The molecule has 0 saturated heterocycles. The number of aliphatic hydroxyl groups excluding tert-OH is 1. The first kappa shape index (κ1) is 16.6. The van der Waals surface area contributed by atoms with E-state index in [9.17, 15) is 26.3 Å². The second-order valence-corrected chi connectivity index (χ2v) is 4.36. The Bertz CT molecular complexity index is 492. The standard InChI is InChI=1S/C13H12F6O/c1-7(6-20)8(2)9-3-10(12(14,15)16)5-11(4-9)13(17,18)19/h3-5,20H,6H2,1-2H3.